The van der Waals surface area contributed by atoms with Gasteiger partial charge in [0.05, 0.1) is 4.70 Å². The largest absolute Gasteiger partial charge is 0.302 e. The molecule has 30 heavy (non-hydrogen) atoms. The van der Waals surface area contributed by atoms with Crippen molar-refractivity contribution in [3.63, 3.8) is 0 Å². The molecule has 164 valence electrons. The standard InChI is InChI=1S/C20H25F2N5OS.ClH/c1-5-25(6-2)9-10-26(19(28)16-7-8-23-27(16)13(3)4)20-24-18-15(22)11-14(21)12-17(18)29-20;/h7-8,11-13H,5-6,9-10H2,1-4H3;1H. The Morgan fingerprint density at radius 3 is 2.53 bits per heavy atom. The highest BCUT2D eigenvalue weighted by atomic mass is 35.5. The molecule has 0 N–H and O–H groups in total. The van der Waals surface area contributed by atoms with Gasteiger partial charge in [0.15, 0.2) is 10.9 Å². The lowest BCUT2D eigenvalue weighted by Crippen LogP contribution is -2.39. The second-order valence-electron chi connectivity index (χ2n) is 6.97. The molecule has 0 saturated carbocycles. The third-order valence-electron chi connectivity index (χ3n) is 4.79. The Balaban J connectivity index is 0.00000320. The normalized spacial score (nSPS) is 11.3. The number of halogens is 3. The number of thiazole rings is 1. The van der Waals surface area contributed by atoms with Crippen LogP contribution in [0.25, 0.3) is 10.2 Å². The summed E-state index contributed by atoms with van der Waals surface area (Å²) >= 11 is 1.11. The van der Waals surface area contributed by atoms with Crippen LogP contribution in [0.2, 0.25) is 0 Å². The Bertz CT molecular complexity index is 1000. The number of benzene rings is 1. The van der Waals surface area contributed by atoms with Crippen molar-refractivity contribution in [2.45, 2.75) is 33.7 Å². The molecule has 3 rings (SSSR count). The second-order valence-corrected chi connectivity index (χ2v) is 7.98. The Kier molecular flexibility index (Phi) is 8.28. The predicted molar refractivity (Wildman–Crippen MR) is 119 cm³/mol. The van der Waals surface area contributed by atoms with Gasteiger partial charge in [0.2, 0.25) is 0 Å². The van der Waals surface area contributed by atoms with Gasteiger partial charge in [0, 0.05) is 31.4 Å². The van der Waals surface area contributed by atoms with E-state index in [1.165, 1.54) is 11.0 Å². The smallest absolute Gasteiger partial charge is 0.278 e. The van der Waals surface area contributed by atoms with Gasteiger partial charge in [-0.15, -0.1) is 12.4 Å². The number of hydrogen-bond donors (Lipinski definition) is 0. The van der Waals surface area contributed by atoms with Crippen LogP contribution in [0.5, 0.6) is 0 Å². The van der Waals surface area contributed by atoms with Crippen LogP contribution in [0.4, 0.5) is 13.9 Å². The van der Waals surface area contributed by atoms with Crippen LogP contribution in [0.1, 0.15) is 44.2 Å². The molecule has 2 heterocycles. The van der Waals surface area contributed by atoms with Crippen molar-refractivity contribution in [1.82, 2.24) is 19.7 Å². The Hall–Kier alpha value is -2.10. The fraction of sp³-hybridized carbons (Fsp3) is 0.450. The number of hydrogen-bond acceptors (Lipinski definition) is 5. The van der Waals surface area contributed by atoms with E-state index in [2.05, 4.69) is 28.8 Å². The number of anilines is 1. The molecule has 6 nitrogen and oxygen atoms in total. The fourth-order valence-corrected chi connectivity index (χ4v) is 4.19. The van der Waals surface area contributed by atoms with Gasteiger partial charge in [0.25, 0.3) is 5.91 Å². The van der Waals surface area contributed by atoms with Crippen LogP contribution in [-0.2, 0) is 0 Å². The molecule has 0 aliphatic carbocycles. The minimum Gasteiger partial charge on any atom is -0.302 e. The SMILES string of the molecule is CCN(CC)CCN(C(=O)c1ccnn1C(C)C)c1nc2c(F)cc(F)cc2s1.Cl. The van der Waals surface area contributed by atoms with E-state index in [9.17, 15) is 13.6 Å². The van der Waals surface area contributed by atoms with Gasteiger partial charge < -0.3 is 4.90 Å². The summed E-state index contributed by atoms with van der Waals surface area (Å²) in [6.07, 6.45) is 1.59. The fourth-order valence-electron chi connectivity index (χ4n) is 3.16. The van der Waals surface area contributed by atoms with Gasteiger partial charge >= 0.3 is 0 Å². The van der Waals surface area contributed by atoms with E-state index < -0.39 is 11.6 Å². The average Bonchev–Trinajstić information content (AvgIpc) is 3.32. The molecule has 0 aliphatic heterocycles. The van der Waals surface area contributed by atoms with Crippen molar-refractivity contribution >= 4 is 45.0 Å². The number of carbonyl (C=O) groups excluding carboxylic acids is 1. The Morgan fingerprint density at radius 1 is 1.20 bits per heavy atom. The lowest BCUT2D eigenvalue weighted by atomic mass is 10.3. The van der Waals surface area contributed by atoms with E-state index in [0.717, 1.165) is 30.5 Å². The van der Waals surface area contributed by atoms with Crippen molar-refractivity contribution in [2.75, 3.05) is 31.1 Å². The number of aromatic nitrogens is 3. The number of amides is 1. The maximum atomic E-state index is 14.2. The first-order chi connectivity index (χ1) is 13.8. The number of carbonyl (C=O) groups is 1. The van der Waals surface area contributed by atoms with Crippen molar-refractivity contribution in [1.29, 1.82) is 0 Å². The number of fused-ring (bicyclic) bond motifs is 1. The average molecular weight is 458 g/mol. The third-order valence-corrected chi connectivity index (χ3v) is 5.82. The number of likely N-dealkylation sites (N-methyl/N-ethyl adjacent to an activating group) is 1. The molecule has 10 heteroatoms. The quantitative estimate of drug-likeness (QED) is 0.489. The molecule has 0 spiro atoms. The Morgan fingerprint density at radius 2 is 1.90 bits per heavy atom. The summed E-state index contributed by atoms with van der Waals surface area (Å²) in [4.78, 5) is 21.4. The first kappa shape index (κ1) is 24.2. The molecule has 0 fully saturated rings. The summed E-state index contributed by atoms with van der Waals surface area (Å²) in [7, 11) is 0. The van der Waals surface area contributed by atoms with Crippen LogP contribution in [-0.4, -0.2) is 51.8 Å². The van der Waals surface area contributed by atoms with Gasteiger partial charge in [-0.3, -0.25) is 14.4 Å². The molecule has 3 aromatic rings. The zero-order valence-corrected chi connectivity index (χ0v) is 19.1. The molecule has 0 radical (unpaired) electrons. The topological polar surface area (TPSA) is 54.3 Å². The second kappa shape index (κ2) is 10.3. The van der Waals surface area contributed by atoms with E-state index in [4.69, 9.17) is 0 Å². The number of nitrogens with zero attached hydrogens (tertiary/aromatic N) is 5. The maximum Gasteiger partial charge on any atom is 0.278 e. The van der Waals surface area contributed by atoms with Crippen LogP contribution < -0.4 is 4.90 Å². The monoisotopic (exact) mass is 457 g/mol. The molecule has 0 unspecified atom stereocenters. The van der Waals surface area contributed by atoms with E-state index in [-0.39, 0.29) is 29.9 Å². The van der Waals surface area contributed by atoms with Gasteiger partial charge in [-0.1, -0.05) is 25.2 Å². The zero-order chi connectivity index (χ0) is 21.1. The van der Waals surface area contributed by atoms with E-state index in [0.29, 0.717) is 28.6 Å². The molecule has 0 aliphatic rings. The minimum absolute atomic E-state index is 0. The zero-order valence-electron chi connectivity index (χ0n) is 17.4. The van der Waals surface area contributed by atoms with E-state index in [1.807, 2.05) is 13.8 Å². The molecule has 2 aromatic heterocycles. The summed E-state index contributed by atoms with van der Waals surface area (Å²) in [6.45, 7) is 10.7. The highest BCUT2D eigenvalue weighted by Crippen LogP contribution is 2.32. The maximum absolute atomic E-state index is 14.2. The van der Waals surface area contributed by atoms with Crippen molar-refractivity contribution in [3.05, 3.63) is 41.7 Å². The molecule has 0 bridgehead atoms. The first-order valence-corrected chi connectivity index (χ1v) is 10.5. The van der Waals surface area contributed by atoms with Crippen LogP contribution >= 0.6 is 23.7 Å². The van der Waals surface area contributed by atoms with Gasteiger partial charge in [-0.2, -0.15) is 5.10 Å². The number of rotatable bonds is 8. The summed E-state index contributed by atoms with van der Waals surface area (Å²) in [5.41, 5.74) is 0.509. The predicted octanol–water partition coefficient (Wildman–Crippen LogP) is 4.76. The lowest BCUT2D eigenvalue weighted by molar-refractivity contribution is 0.0971. The van der Waals surface area contributed by atoms with Crippen LogP contribution in [0.3, 0.4) is 0 Å². The highest BCUT2D eigenvalue weighted by Gasteiger charge is 2.26. The molecular formula is C20H26ClF2N5OS. The molecule has 1 aromatic carbocycles. The van der Waals surface area contributed by atoms with Crippen LogP contribution in [0.15, 0.2) is 24.4 Å². The molecule has 0 saturated heterocycles. The first-order valence-electron chi connectivity index (χ1n) is 9.69. The third kappa shape index (κ3) is 4.96. The van der Waals surface area contributed by atoms with Crippen molar-refractivity contribution in [2.24, 2.45) is 0 Å². The van der Waals surface area contributed by atoms with Gasteiger partial charge in [-0.05, 0) is 39.1 Å². The summed E-state index contributed by atoms with van der Waals surface area (Å²) in [5.74, 6) is -1.65. The van der Waals surface area contributed by atoms with Gasteiger partial charge in [0.1, 0.15) is 17.0 Å². The summed E-state index contributed by atoms with van der Waals surface area (Å²) in [5, 5.41) is 4.59. The molecule has 0 atom stereocenters. The van der Waals surface area contributed by atoms with Crippen LogP contribution in [0, 0.1) is 11.6 Å². The Labute approximate surface area is 184 Å². The highest BCUT2D eigenvalue weighted by molar-refractivity contribution is 7.22. The summed E-state index contributed by atoms with van der Waals surface area (Å²) in [6, 6.07) is 3.73. The van der Waals surface area contributed by atoms with Gasteiger partial charge in [-0.25, -0.2) is 13.8 Å². The van der Waals surface area contributed by atoms with Crippen molar-refractivity contribution < 1.29 is 13.6 Å². The van der Waals surface area contributed by atoms with E-state index in [1.54, 1.807) is 16.9 Å². The molecular weight excluding hydrogens is 432 g/mol. The molecule has 1 amide bonds. The van der Waals surface area contributed by atoms with E-state index >= 15 is 0 Å². The summed E-state index contributed by atoms with van der Waals surface area (Å²) < 4.78 is 29.8. The minimum atomic E-state index is -0.731. The lowest BCUT2D eigenvalue weighted by Gasteiger charge is -2.25. The van der Waals surface area contributed by atoms with Crippen molar-refractivity contribution in [3.8, 4) is 0 Å².